The summed E-state index contributed by atoms with van der Waals surface area (Å²) in [7, 11) is 0. The number of halogens is 2. The third kappa shape index (κ3) is 7.31. The molecule has 2 aromatic rings. The summed E-state index contributed by atoms with van der Waals surface area (Å²) < 4.78 is 0. The van der Waals surface area contributed by atoms with E-state index < -0.39 is 0 Å². The zero-order chi connectivity index (χ0) is 21.3. The van der Waals surface area contributed by atoms with Crippen LogP contribution < -0.4 is 10.6 Å². The summed E-state index contributed by atoms with van der Waals surface area (Å²) in [6.07, 6.45) is 3.76. The Hall–Kier alpha value is -2.08. The van der Waals surface area contributed by atoms with E-state index in [1.54, 1.807) is 6.07 Å². The van der Waals surface area contributed by atoms with Crippen molar-refractivity contribution in [3.63, 3.8) is 0 Å². The highest BCUT2D eigenvalue weighted by Gasteiger charge is 2.22. The molecule has 1 heterocycles. The van der Waals surface area contributed by atoms with Crippen molar-refractivity contribution in [2.24, 2.45) is 0 Å². The van der Waals surface area contributed by atoms with Gasteiger partial charge in [-0.25, -0.2) is 0 Å². The molecule has 1 aliphatic heterocycles. The molecule has 160 valence electrons. The normalized spacial score (nSPS) is 15.0. The van der Waals surface area contributed by atoms with Crippen LogP contribution in [0.1, 0.15) is 31.2 Å². The minimum Gasteiger partial charge on any atom is -0.353 e. The third-order valence-corrected chi connectivity index (χ3v) is 5.97. The second-order valence-corrected chi connectivity index (χ2v) is 8.45. The van der Waals surface area contributed by atoms with Crippen molar-refractivity contribution in [3.8, 4) is 0 Å². The van der Waals surface area contributed by atoms with Gasteiger partial charge in [0.15, 0.2) is 0 Å². The van der Waals surface area contributed by atoms with Crippen molar-refractivity contribution in [3.05, 3.63) is 64.1 Å². The maximum absolute atomic E-state index is 12.2. The molecule has 0 aromatic heterocycles. The molecule has 0 aliphatic carbocycles. The van der Waals surface area contributed by atoms with Crippen LogP contribution in [-0.4, -0.2) is 42.4 Å². The van der Waals surface area contributed by atoms with Gasteiger partial charge in [0.2, 0.25) is 11.8 Å². The van der Waals surface area contributed by atoms with E-state index in [0.29, 0.717) is 23.0 Å². The minimum atomic E-state index is -0.00834. The molecule has 0 saturated carbocycles. The first-order valence-electron chi connectivity index (χ1n) is 10.3. The summed E-state index contributed by atoms with van der Waals surface area (Å²) >= 11 is 12.0. The zero-order valence-corrected chi connectivity index (χ0v) is 18.4. The number of carbonyl (C=O) groups is 2. The van der Waals surface area contributed by atoms with Crippen LogP contribution >= 0.6 is 23.2 Å². The molecule has 1 fully saturated rings. The van der Waals surface area contributed by atoms with Gasteiger partial charge in [-0.2, -0.15) is 0 Å². The number of piperidine rings is 1. The van der Waals surface area contributed by atoms with Gasteiger partial charge in [-0.05, 0) is 55.5 Å². The summed E-state index contributed by atoms with van der Waals surface area (Å²) in [6, 6.07) is 15.2. The van der Waals surface area contributed by atoms with Crippen LogP contribution in [0, 0.1) is 0 Å². The molecule has 0 spiro atoms. The quantitative estimate of drug-likeness (QED) is 0.624. The fourth-order valence-corrected chi connectivity index (χ4v) is 3.93. The van der Waals surface area contributed by atoms with E-state index >= 15 is 0 Å². The van der Waals surface area contributed by atoms with Crippen molar-refractivity contribution in [1.29, 1.82) is 0 Å². The van der Waals surface area contributed by atoms with Crippen LogP contribution in [0.5, 0.6) is 0 Å². The van der Waals surface area contributed by atoms with Crippen molar-refractivity contribution in [2.45, 2.75) is 38.1 Å². The lowest BCUT2D eigenvalue weighted by Crippen LogP contribution is -2.46. The Morgan fingerprint density at radius 1 is 0.967 bits per heavy atom. The highest BCUT2D eigenvalue weighted by Crippen LogP contribution is 2.23. The minimum absolute atomic E-state index is 0.00834. The van der Waals surface area contributed by atoms with Gasteiger partial charge in [-0.15, -0.1) is 0 Å². The maximum atomic E-state index is 12.2. The number of nitrogens with zero attached hydrogens (tertiary/aromatic N) is 1. The van der Waals surface area contributed by atoms with Crippen LogP contribution in [0.3, 0.4) is 0 Å². The molecular formula is C23H27Cl2N3O2. The number of anilines is 1. The van der Waals surface area contributed by atoms with E-state index in [9.17, 15) is 9.59 Å². The first kappa shape index (κ1) is 22.6. The summed E-state index contributed by atoms with van der Waals surface area (Å²) in [5, 5.41) is 7.12. The van der Waals surface area contributed by atoms with Gasteiger partial charge in [-0.3, -0.25) is 14.5 Å². The van der Waals surface area contributed by atoms with Gasteiger partial charge < -0.3 is 10.6 Å². The Balaban J connectivity index is 1.31. The molecule has 30 heavy (non-hydrogen) atoms. The van der Waals surface area contributed by atoms with Crippen LogP contribution in [0.4, 0.5) is 5.69 Å². The highest BCUT2D eigenvalue weighted by atomic mass is 35.5. The average molecular weight is 448 g/mol. The number of hydrogen-bond donors (Lipinski definition) is 2. The van der Waals surface area contributed by atoms with Gasteiger partial charge in [0.05, 0.1) is 16.6 Å². The van der Waals surface area contributed by atoms with Gasteiger partial charge in [0.1, 0.15) is 0 Å². The van der Waals surface area contributed by atoms with E-state index in [1.807, 2.05) is 42.5 Å². The number of para-hydroxylation sites is 1. The lowest BCUT2D eigenvalue weighted by Gasteiger charge is -2.31. The van der Waals surface area contributed by atoms with Gasteiger partial charge in [0, 0.05) is 31.2 Å². The van der Waals surface area contributed by atoms with E-state index in [4.69, 9.17) is 23.2 Å². The second-order valence-electron chi connectivity index (χ2n) is 7.63. The molecule has 0 atom stereocenters. The standard InChI is InChI=1S/C23H27Cl2N3O2/c24-20-10-9-17(15-21(20)25)5-4-8-22(29)26-19-11-13-28(14-12-19)16-23(30)27-18-6-2-1-3-7-18/h1-3,6-7,9-10,15,19H,4-5,8,11-14,16H2,(H,26,29)(H,27,30). The smallest absolute Gasteiger partial charge is 0.238 e. The number of likely N-dealkylation sites (tertiary alicyclic amines) is 1. The average Bonchev–Trinajstić information content (AvgIpc) is 2.73. The summed E-state index contributed by atoms with van der Waals surface area (Å²) in [4.78, 5) is 26.6. The van der Waals surface area contributed by atoms with Gasteiger partial charge >= 0.3 is 0 Å². The van der Waals surface area contributed by atoms with Crippen LogP contribution in [0.25, 0.3) is 0 Å². The molecule has 2 aromatic carbocycles. The number of rotatable bonds is 8. The molecule has 2 amide bonds. The maximum Gasteiger partial charge on any atom is 0.238 e. The Bertz CT molecular complexity index is 853. The van der Waals surface area contributed by atoms with Crippen molar-refractivity contribution < 1.29 is 9.59 Å². The highest BCUT2D eigenvalue weighted by molar-refractivity contribution is 6.42. The lowest BCUT2D eigenvalue weighted by atomic mass is 10.0. The van der Waals surface area contributed by atoms with Crippen LogP contribution in [0.2, 0.25) is 10.0 Å². The largest absolute Gasteiger partial charge is 0.353 e. The number of hydrogen-bond acceptors (Lipinski definition) is 3. The van der Waals surface area contributed by atoms with Crippen LogP contribution in [0.15, 0.2) is 48.5 Å². The van der Waals surface area contributed by atoms with Crippen molar-refractivity contribution in [2.75, 3.05) is 25.0 Å². The second kappa shape index (κ2) is 11.3. The molecular weight excluding hydrogens is 421 g/mol. The Kier molecular flexibility index (Phi) is 8.55. The molecule has 5 nitrogen and oxygen atoms in total. The Morgan fingerprint density at radius 3 is 2.40 bits per heavy atom. The predicted molar refractivity (Wildman–Crippen MR) is 122 cm³/mol. The first-order valence-corrected chi connectivity index (χ1v) is 11.1. The Morgan fingerprint density at radius 2 is 1.70 bits per heavy atom. The van der Waals surface area contributed by atoms with E-state index in [-0.39, 0.29) is 17.9 Å². The Labute approximate surface area is 187 Å². The molecule has 0 bridgehead atoms. The van der Waals surface area contributed by atoms with Crippen molar-refractivity contribution >= 4 is 40.7 Å². The SMILES string of the molecule is O=C(CN1CCC(NC(=O)CCCc2ccc(Cl)c(Cl)c2)CC1)Nc1ccccc1. The lowest BCUT2D eigenvalue weighted by molar-refractivity contribution is -0.122. The number of carbonyl (C=O) groups excluding carboxylic acids is 2. The summed E-state index contributed by atoms with van der Waals surface area (Å²) in [5.41, 5.74) is 1.89. The van der Waals surface area contributed by atoms with Crippen LogP contribution in [-0.2, 0) is 16.0 Å². The molecule has 2 N–H and O–H groups in total. The number of nitrogens with one attached hydrogen (secondary N) is 2. The summed E-state index contributed by atoms with van der Waals surface area (Å²) in [5.74, 6) is 0.0707. The van der Waals surface area contributed by atoms with Gasteiger partial charge in [0.25, 0.3) is 0 Å². The van der Waals surface area contributed by atoms with E-state index in [0.717, 1.165) is 50.0 Å². The number of amides is 2. The number of benzene rings is 2. The molecule has 1 saturated heterocycles. The van der Waals surface area contributed by atoms with E-state index in [1.165, 1.54) is 0 Å². The van der Waals surface area contributed by atoms with Crippen molar-refractivity contribution in [1.82, 2.24) is 10.2 Å². The summed E-state index contributed by atoms with van der Waals surface area (Å²) in [6.45, 7) is 1.98. The molecule has 0 radical (unpaired) electrons. The monoisotopic (exact) mass is 447 g/mol. The fourth-order valence-electron chi connectivity index (χ4n) is 3.61. The fraction of sp³-hybridized carbons (Fsp3) is 0.391. The molecule has 0 unspecified atom stereocenters. The number of aryl methyl sites for hydroxylation is 1. The zero-order valence-electron chi connectivity index (χ0n) is 16.9. The molecule has 1 aliphatic rings. The molecule has 7 heteroatoms. The first-order chi connectivity index (χ1) is 14.5. The third-order valence-electron chi connectivity index (χ3n) is 5.23. The molecule has 3 rings (SSSR count). The van der Waals surface area contributed by atoms with Gasteiger partial charge in [-0.1, -0.05) is 47.5 Å². The topological polar surface area (TPSA) is 61.4 Å². The predicted octanol–water partition coefficient (Wildman–Crippen LogP) is 4.54. The van der Waals surface area contributed by atoms with E-state index in [2.05, 4.69) is 15.5 Å².